The summed E-state index contributed by atoms with van der Waals surface area (Å²) in [6, 6.07) is 4.74. The Bertz CT molecular complexity index is 757. The van der Waals surface area contributed by atoms with Crippen LogP contribution in [0.3, 0.4) is 0 Å². The normalized spacial score (nSPS) is 10.8. The zero-order valence-electron chi connectivity index (χ0n) is 13.8. The molecule has 6 nitrogen and oxygen atoms in total. The third kappa shape index (κ3) is 4.95. The van der Waals surface area contributed by atoms with E-state index < -0.39 is 0 Å². The summed E-state index contributed by atoms with van der Waals surface area (Å²) < 4.78 is 14.8. The number of aromatic amines is 1. The maximum Gasteiger partial charge on any atom is 0.343 e. The van der Waals surface area contributed by atoms with Crippen molar-refractivity contribution in [2.24, 2.45) is 0 Å². The zero-order chi connectivity index (χ0) is 17.5. The SMILES string of the molecule is CCCCn1c(SCC(=O)NCc2ccc(F)c(C)c2)n[nH]c1=O. The molecule has 0 aliphatic heterocycles. The van der Waals surface area contributed by atoms with E-state index in [1.54, 1.807) is 23.6 Å². The van der Waals surface area contributed by atoms with Crippen LogP contribution in [0.2, 0.25) is 0 Å². The molecule has 0 spiro atoms. The summed E-state index contributed by atoms with van der Waals surface area (Å²) in [7, 11) is 0. The second kappa shape index (κ2) is 8.68. The molecule has 1 amide bonds. The van der Waals surface area contributed by atoms with Gasteiger partial charge < -0.3 is 5.32 Å². The van der Waals surface area contributed by atoms with Gasteiger partial charge in [0.25, 0.3) is 0 Å². The highest BCUT2D eigenvalue weighted by atomic mass is 32.2. The molecule has 0 atom stereocenters. The molecule has 0 saturated heterocycles. The van der Waals surface area contributed by atoms with Crippen molar-refractivity contribution in [3.8, 4) is 0 Å². The van der Waals surface area contributed by atoms with Crippen molar-refractivity contribution < 1.29 is 9.18 Å². The van der Waals surface area contributed by atoms with Crippen LogP contribution in [-0.2, 0) is 17.9 Å². The van der Waals surface area contributed by atoms with Gasteiger partial charge in [-0.15, -0.1) is 5.10 Å². The van der Waals surface area contributed by atoms with Gasteiger partial charge in [-0.2, -0.15) is 0 Å². The first-order valence-corrected chi connectivity index (χ1v) is 8.79. The van der Waals surface area contributed by atoms with Crippen molar-refractivity contribution in [1.29, 1.82) is 0 Å². The van der Waals surface area contributed by atoms with Crippen LogP contribution >= 0.6 is 11.8 Å². The molecule has 2 N–H and O–H groups in total. The Kier molecular flexibility index (Phi) is 6.60. The van der Waals surface area contributed by atoms with Crippen LogP contribution in [-0.4, -0.2) is 26.4 Å². The molecule has 1 heterocycles. The summed E-state index contributed by atoms with van der Waals surface area (Å²) in [5.74, 6) is -0.264. The summed E-state index contributed by atoms with van der Waals surface area (Å²) in [5.41, 5.74) is 1.13. The van der Waals surface area contributed by atoms with Gasteiger partial charge in [0.2, 0.25) is 5.91 Å². The van der Waals surface area contributed by atoms with Crippen LogP contribution in [0.4, 0.5) is 4.39 Å². The number of halogens is 1. The van der Waals surface area contributed by atoms with Gasteiger partial charge in [0, 0.05) is 13.1 Å². The Labute approximate surface area is 143 Å². The molecule has 0 aliphatic carbocycles. The highest BCUT2D eigenvalue weighted by Gasteiger charge is 2.11. The molecule has 0 fully saturated rings. The summed E-state index contributed by atoms with van der Waals surface area (Å²) >= 11 is 1.22. The van der Waals surface area contributed by atoms with E-state index >= 15 is 0 Å². The van der Waals surface area contributed by atoms with E-state index in [0.29, 0.717) is 23.8 Å². The Morgan fingerprint density at radius 3 is 2.96 bits per heavy atom. The number of carbonyl (C=O) groups excluding carboxylic acids is 1. The van der Waals surface area contributed by atoms with Crippen LogP contribution < -0.4 is 11.0 Å². The number of aryl methyl sites for hydroxylation is 1. The largest absolute Gasteiger partial charge is 0.351 e. The lowest BCUT2D eigenvalue weighted by Crippen LogP contribution is -2.25. The molecule has 0 radical (unpaired) electrons. The predicted octanol–water partition coefficient (Wildman–Crippen LogP) is 2.23. The van der Waals surface area contributed by atoms with Gasteiger partial charge in [0.05, 0.1) is 5.75 Å². The minimum atomic E-state index is -0.260. The van der Waals surface area contributed by atoms with Crippen LogP contribution in [0.1, 0.15) is 30.9 Å². The number of carbonyl (C=O) groups is 1. The Hall–Kier alpha value is -2.09. The Morgan fingerprint density at radius 2 is 2.25 bits per heavy atom. The molecule has 0 unspecified atom stereocenters. The van der Waals surface area contributed by atoms with Crippen molar-refractivity contribution in [2.45, 2.75) is 44.9 Å². The van der Waals surface area contributed by atoms with Crippen LogP contribution in [0.5, 0.6) is 0 Å². The fourth-order valence-electron chi connectivity index (χ4n) is 2.13. The Morgan fingerprint density at radius 1 is 1.46 bits per heavy atom. The van der Waals surface area contributed by atoms with Crippen molar-refractivity contribution >= 4 is 17.7 Å². The molecule has 24 heavy (non-hydrogen) atoms. The molecular formula is C16H21FN4O2S. The Balaban J connectivity index is 1.85. The van der Waals surface area contributed by atoms with E-state index in [1.807, 2.05) is 6.92 Å². The number of benzene rings is 1. The van der Waals surface area contributed by atoms with Crippen molar-refractivity contribution in [2.75, 3.05) is 5.75 Å². The first-order valence-electron chi connectivity index (χ1n) is 7.81. The minimum Gasteiger partial charge on any atom is -0.351 e. The molecule has 0 saturated carbocycles. The number of rotatable bonds is 8. The van der Waals surface area contributed by atoms with Gasteiger partial charge in [-0.25, -0.2) is 14.3 Å². The monoisotopic (exact) mass is 352 g/mol. The third-order valence-electron chi connectivity index (χ3n) is 3.50. The van der Waals surface area contributed by atoms with E-state index in [4.69, 9.17) is 0 Å². The minimum absolute atomic E-state index is 0.163. The lowest BCUT2D eigenvalue weighted by Gasteiger charge is -2.07. The summed E-state index contributed by atoms with van der Waals surface area (Å²) in [4.78, 5) is 23.6. The number of nitrogens with zero attached hydrogens (tertiary/aromatic N) is 2. The predicted molar refractivity (Wildman–Crippen MR) is 91.5 cm³/mol. The molecule has 0 bridgehead atoms. The number of hydrogen-bond donors (Lipinski definition) is 2. The summed E-state index contributed by atoms with van der Waals surface area (Å²) in [6.45, 7) is 4.65. The van der Waals surface area contributed by atoms with E-state index in [2.05, 4.69) is 15.5 Å². The lowest BCUT2D eigenvalue weighted by atomic mass is 10.1. The number of hydrogen-bond acceptors (Lipinski definition) is 4. The number of H-pyrrole nitrogens is 1. The maximum atomic E-state index is 13.2. The highest BCUT2D eigenvalue weighted by molar-refractivity contribution is 7.99. The van der Waals surface area contributed by atoms with Crippen LogP contribution in [0.15, 0.2) is 28.2 Å². The number of thioether (sulfide) groups is 1. The van der Waals surface area contributed by atoms with Gasteiger partial charge in [-0.3, -0.25) is 9.36 Å². The average Bonchev–Trinajstić information content (AvgIpc) is 2.92. The van der Waals surface area contributed by atoms with E-state index in [9.17, 15) is 14.0 Å². The molecule has 1 aromatic carbocycles. The van der Waals surface area contributed by atoms with Crippen molar-refractivity contribution in [3.63, 3.8) is 0 Å². The van der Waals surface area contributed by atoms with Crippen molar-refractivity contribution in [3.05, 3.63) is 45.6 Å². The number of amides is 1. The molecule has 8 heteroatoms. The smallest absolute Gasteiger partial charge is 0.343 e. The highest BCUT2D eigenvalue weighted by Crippen LogP contribution is 2.14. The fourth-order valence-corrected chi connectivity index (χ4v) is 2.93. The topological polar surface area (TPSA) is 79.8 Å². The second-order valence-electron chi connectivity index (χ2n) is 5.47. The van der Waals surface area contributed by atoms with Crippen molar-refractivity contribution in [1.82, 2.24) is 20.1 Å². The number of aromatic nitrogens is 3. The molecule has 2 aromatic rings. The van der Waals surface area contributed by atoms with Gasteiger partial charge in [-0.1, -0.05) is 37.2 Å². The average molecular weight is 352 g/mol. The summed E-state index contributed by atoms with van der Waals surface area (Å²) in [5, 5.41) is 9.65. The quantitative estimate of drug-likeness (QED) is 0.714. The molecule has 2 rings (SSSR count). The molecule has 0 aliphatic rings. The molecule has 130 valence electrons. The van der Waals surface area contributed by atoms with E-state index in [0.717, 1.165) is 18.4 Å². The number of nitrogens with one attached hydrogen (secondary N) is 2. The lowest BCUT2D eigenvalue weighted by molar-refractivity contribution is -0.118. The molecular weight excluding hydrogens is 331 g/mol. The fraction of sp³-hybridized carbons (Fsp3) is 0.438. The van der Waals surface area contributed by atoms with Gasteiger partial charge in [-0.05, 0) is 30.5 Å². The molecule has 1 aromatic heterocycles. The first kappa shape index (κ1) is 18.3. The van der Waals surface area contributed by atoms with E-state index in [-0.39, 0.29) is 23.2 Å². The van der Waals surface area contributed by atoms with Gasteiger partial charge >= 0.3 is 5.69 Å². The van der Waals surface area contributed by atoms with Crippen LogP contribution in [0, 0.1) is 12.7 Å². The third-order valence-corrected chi connectivity index (χ3v) is 4.48. The maximum absolute atomic E-state index is 13.2. The standard InChI is InChI=1S/C16H21FN4O2S/c1-3-4-7-21-15(23)19-20-16(21)24-10-14(22)18-9-12-5-6-13(17)11(2)8-12/h5-6,8H,3-4,7,9-10H2,1-2H3,(H,18,22)(H,19,23). The van der Waals surface area contributed by atoms with E-state index in [1.165, 1.54) is 17.8 Å². The van der Waals surface area contributed by atoms with Gasteiger partial charge in [0.15, 0.2) is 5.16 Å². The van der Waals surface area contributed by atoms with Crippen LogP contribution in [0.25, 0.3) is 0 Å². The summed E-state index contributed by atoms with van der Waals surface area (Å²) in [6.07, 6.45) is 1.85. The first-order chi connectivity index (χ1) is 11.5. The zero-order valence-corrected chi connectivity index (χ0v) is 14.6. The van der Waals surface area contributed by atoms with Gasteiger partial charge in [0.1, 0.15) is 5.82 Å². The number of unbranched alkanes of at least 4 members (excludes halogenated alkanes) is 1. The second-order valence-corrected chi connectivity index (χ2v) is 6.41.